The van der Waals surface area contributed by atoms with Gasteiger partial charge in [0.25, 0.3) is 0 Å². The second kappa shape index (κ2) is 12.0. The van der Waals surface area contributed by atoms with Gasteiger partial charge in [0.15, 0.2) is 6.10 Å². The minimum absolute atomic E-state index is 0.177. The van der Waals surface area contributed by atoms with E-state index in [9.17, 15) is 14.4 Å². The van der Waals surface area contributed by atoms with Crippen molar-refractivity contribution in [1.29, 1.82) is 0 Å². The van der Waals surface area contributed by atoms with Crippen LogP contribution in [-0.4, -0.2) is 48.4 Å². The summed E-state index contributed by atoms with van der Waals surface area (Å²) in [6.45, 7) is 4.79. The Morgan fingerprint density at radius 1 is 0.909 bits per heavy atom. The normalized spacial score (nSPS) is 11.9. The van der Waals surface area contributed by atoms with Gasteiger partial charge in [-0.25, -0.2) is 0 Å². The molecule has 0 aromatic heterocycles. The molecule has 1 atom stereocenters. The summed E-state index contributed by atoms with van der Waals surface area (Å²) in [7, 11) is 0. The number of esters is 3. The first-order valence-corrected chi connectivity index (χ1v) is 7.57. The summed E-state index contributed by atoms with van der Waals surface area (Å²) in [6, 6.07) is 0. The van der Waals surface area contributed by atoms with Gasteiger partial charge >= 0.3 is 17.9 Å². The third-order valence-electron chi connectivity index (χ3n) is 2.53. The highest BCUT2D eigenvalue weighted by molar-refractivity contribution is 5.71. The molecule has 7 nitrogen and oxygen atoms in total. The Bertz CT molecular complexity index is 330. The van der Waals surface area contributed by atoms with Gasteiger partial charge in [0.2, 0.25) is 0 Å². The molecule has 0 aromatic carbocycles. The number of aliphatic hydroxyl groups excluding tert-OH is 1. The second-order valence-electron chi connectivity index (χ2n) is 5.03. The lowest BCUT2D eigenvalue weighted by molar-refractivity contribution is -0.168. The molecule has 0 aliphatic heterocycles. The number of carbonyl (C=O) groups excluding carboxylic acids is 3. The van der Waals surface area contributed by atoms with Gasteiger partial charge in [-0.05, 0) is 19.8 Å². The van der Waals surface area contributed by atoms with E-state index in [4.69, 9.17) is 19.3 Å². The summed E-state index contributed by atoms with van der Waals surface area (Å²) in [5.74, 6) is -1.45. The Morgan fingerprint density at radius 2 is 1.36 bits per heavy atom. The molecule has 0 rings (SSSR count). The molecule has 1 unspecified atom stereocenters. The van der Waals surface area contributed by atoms with Gasteiger partial charge in [-0.15, -0.1) is 0 Å². The van der Waals surface area contributed by atoms with Gasteiger partial charge in [-0.2, -0.15) is 0 Å². The summed E-state index contributed by atoms with van der Waals surface area (Å²) in [6.07, 6.45) is -0.0459. The smallest absolute Gasteiger partial charge is 0.308 e. The molecular weight excluding hydrogens is 292 g/mol. The Kier molecular flexibility index (Phi) is 11.1. The minimum Gasteiger partial charge on any atom is -0.462 e. The van der Waals surface area contributed by atoms with Gasteiger partial charge in [-0.1, -0.05) is 13.8 Å². The van der Waals surface area contributed by atoms with Crippen molar-refractivity contribution in [2.24, 2.45) is 0 Å². The van der Waals surface area contributed by atoms with Crippen LogP contribution in [0.3, 0.4) is 0 Å². The van der Waals surface area contributed by atoms with Gasteiger partial charge in [0, 0.05) is 12.8 Å². The lowest BCUT2D eigenvalue weighted by Gasteiger charge is -2.18. The van der Waals surface area contributed by atoms with Crippen molar-refractivity contribution in [3.05, 3.63) is 0 Å². The van der Waals surface area contributed by atoms with Crippen LogP contribution >= 0.6 is 0 Å². The van der Waals surface area contributed by atoms with E-state index >= 15 is 0 Å². The number of aliphatic hydroxyl groups is 1. The average Bonchev–Trinajstić information content (AvgIpc) is 2.41. The molecule has 0 aliphatic carbocycles. The highest BCUT2D eigenvalue weighted by Gasteiger charge is 2.20. The zero-order chi connectivity index (χ0) is 17.0. The molecular formula is C15H26O7. The van der Waals surface area contributed by atoms with Crippen LogP contribution in [0.15, 0.2) is 0 Å². The fourth-order valence-electron chi connectivity index (χ4n) is 1.52. The van der Waals surface area contributed by atoms with Crippen molar-refractivity contribution in [2.75, 3.05) is 13.2 Å². The molecule has 0 amide bonds. The lowest BCUT2D eigenvalue weighted by atomic mass is 10.3. The predicted octanol–water partition coefficient (Wildman–Crippen LogP) is 1.36. The van der Waals surface area contributed by atoms with Crippen LogP contribution in [-0.2, 0) is 28.6 Å². The van der Waals surface area contributed by atoms with Crippen molar-refractivity contribution in [3.63, 3.8) is 0 Å². The van der Waals surface area contributed by atoms with Crippen LogP contribution < -0.4 is 0 Å². The van der Waals surface area contributed by atoms with Gasteiger partial charge < -0.3 is 19.3 Å². The zero-order valence-corrected chi connectivity index (χ0v) is 13.5. The molecule has 0 fully saturated rings. The Morgan fingerprint density at radius 3 is 1.73 bits per heavy atom. The van der Waals surface area contributed by atoms with E-state index in [0.717, 1.165) is 0 Å². The number of ether oxygens (including phenoxy) is 3. The third kappa shape index (κ3) is 11.1. The largest absolute Gasteiger partial charge is 0.462 e. The summed E-state index contributed by atoms with van der Waals surface area (Å²) < 4.78 is 15.0. The maximum absolute atomic E-state index is 11.5. The maximum Gasteiger partial charge on any atom is 0.308 e. The van der Waals surface area contributed by atoms with Crippen molar-refractivity contribution in [2.45, 2.75) is 65.1 Å². The SMILES string of the molecule is CCCC(=O)OCC(COC(=O)CCC)OC(=O)CC(C)O. The quantitative estimate of drug-likeness (QED) is 0.453. The third-order valence-corrected chi connectivity index (χ3v) is 2.53. The topological polar surface area (TPSA) is 99.1 Å². The molecule has 0 heterocycles. The molecule has 128 valence electrons. The number of carbonyl (C=O) groups is 3. The van der Waals surface area contributed by atoms with E-state index in [2.05, 4.69) is 0 Å². The molecule has 1 N–H and O–H groups in total. The second-order valence-corrected chi connectivity index (χ2v) is 5.03. The zero-order valence-electron chi connectivity index (χ0n) is 13.5. The van der Waals surface area contributed by atoms with Crippen LogP contribution in [0.4, 0.5) is 0 Å². The Balaban J connectivity index is 4.38. The molecule has 7 heteroatoms. The number of rotatable bonds is 11. The maximum atomic E-state index is 11.5. The van der Waals surface area contributed by atoms with Gasteiger partial charge in [-0.3, -0.25) is 14.4 Å². The van der Waals surface area contributed by atoms with E-state index in [1.54, 1.807) is 0 Å². The average molecular weight is 318 g/mol. The standard InChI is InChI=1S/C15H26O7/c1-4-6-13(17)20-9-12(10-21-14(18)7-5-2)22-15(19)8-11(3)16/h11-12,16H,4-10H2,1-3H3. The summed E-state index contributed by atoms with van der Waals surface area (Å²) in [5, 5.41) is 9.14. The molecule has 0 aliphatic rings. The summed E-state index contributed by atoms with van der Waals surface area (Å²) in [5.41, 5.74) is 0. The van der Waals surface area contributed by atoms with Crippen LogP contribution in [0, 0.1) is 0 Å². The Labute approximate surface area is 130 Å². The van der Waals surface area contributed by atoms with Crippen LogP contribution in [0.1, 0.15) is 52.9 Å². The molecule has 0 aromatic rings. The predicted molar refractivity (Wildman–Crippen MR) is 77.9 cm³/mol. The molecule has 0 spiro atoms. The fourth-order valence-corrected chi connectivity index (χ4v) is 1.52. The van der Waals surface area contributed by atoms with Crippen molar-refractivity contribution < 1.29 is 33.7 Å². The monoisotopic (exact) mass is 318 g/mol. The van der Waals surface area contributed by atoms with Crippen molar-refractivity contribution >= 4 is 17.9 Å². The minimum atomic E-state index is -0.868. The lowest BCUT2D eigenvalue weighted by Crippen LogP contribution is -2.31. The van der Waals surface area contributed by atoms with Crippen LogP contribution in [0.2, 0.25) is 0 Å². The summed E-state index contributed by atoms with van der Waals surface area (Å²) in [4.78, 5) is 34.2. The molecule has 0 saturated heterocycles. The fraction of sp³-hybridized carbons (Fsp3) is 0.800. The first-order valence-electron chi connectivity index (χ1n) is 7.57. The van der Waals surface area contributed by atoms with Gasteiger partial charge in [0.1, 0.15) is 13.2 Å². The first kappa shape index (κ1) is 20.4. The van der Waals surface area contributed by atoms with Crippen LogP contribution in [0.25, 0.3) is 0 Å². The van der Waals surface area contributed by atoms with E-state index in [1.807, 2.05) is 13.8 Å². The van der Waals surface area contributed by atoms with E-state index in [0.29, 0.717) is 12.8 Å². The molecule has 0 radical (unpaired) electrons. The Hall–Kier alpha value is -1.63. The molecule has 0 saturated carbocycles. The van der Waals surface area contributed by atoms with E-state index < -0.39 is 30.1 Å². The van der Waals surface area contributed by atoms with Gasteiger partial charge in [0.05, 0.1) is 12.5 Å². The highest BCUT2D eigenvalue weighted by atomic mass is 16.6. The molecule has 22 heavy (non-hydrogen) atoms. The van der Waals surface area contributed by atoms with Crippen molar-refractivity contribution in [1.82, 2.24) is 0 Å². The van der Waals surface area contributed by atoms with E-state index in [1.165, 1.54) is 6.92 Å². The highest BCUT2D eigenvalue weighted by Crippen LogP contribution is 2.04. The number of hydrogen-bond acceptors (Lipinski definition) is 7. The van der Waals surface area contributed by atoms with E-state index in [-0.39, 0.29) is 32.5 Å². The van der Waals surface area contributed by atoms with Crippen LogP contribution in [0.5, 0.6) is 0 Å². The van der Waals surface area contributed by atoms with Crippen molar-refractivity contribution in [3.8, 4) is 0 Å². The number of hydrogen-bond donors (Lipinski definition) is 1. The first-order chi connectivity index (χ1) is 10.4. The molecule has 0 bridgehead atoms. The summed E-state index contributed by atoms with van der Waals surface area (Å²) >= 11 is 0.